The maximum atomic E-state index is 13.0. The molecule has 0 amide bonds. The van der Waals surface area contributed by atoms with Gasteiger partial charge >= 0.3 is 6.18 Å². The quantitative estimate of drug-likeness (QED) is 0.777. The second kappa shape index (κ2) is 7.01. The fourth-order valence-electron chi connectivity index (χ4n) is 2.85. The molecular weight excluding hydrogens is 310 g/mol. The average molecular weight is 328 g/mol. The second-order valence-corrected chi connectivity index (χ2v) is 5.53. The van der Waals surface area contributed by atoms with Crippen LogP contribution in [0, 0.1) is 5.92 Å². The molecule has 114 valence electrons. The standard InChI is InChI=1S/C14H17ClF3N.ClH/c15-11-8-4-7-10(14(16,17)18)12(11)13(19)9-5-2-1-3-6-9;/h4,7-9,13H,1-3,5-6,19H2;1H/t13-;/m0./s1. The van der Waals surface area contributed by atoms with E-state index < -0.39 is 17.8 Å². The number of hydrogen-bond acceptors (Lipinski definition) is 1. The first-order chi connectivity index (χ1) is 8.91. The Bertz CT molecular complexity index is 443. The minimum atomic E-state index is -4.41. The number of benzene rings is 1. The van der Waals surface area contributed by atoms with E-state index >= 15 is 0 Å². The van der Waals surface area contributed by atoms with Crippen molar-refractivity contribution >= 4 is 24.0 Å². The van der Waals surface area contributed by atoms with Crippen LogP contribution in [-0.2, 0) is 6.18 Å². The molecule has 0 unspecified atom stereocenters. The third-order valence-electron chi connectivity index (χ3n) is 3.85. The van der Waals surface area contributed by atoms with Gasteiger partial charge in [0.15, 0.2) is 0 Å². The molecule has 1 aliphatic rings. The lowest BCUT2D eigenvalue weighted by atomic mass is 9.80. The molecule has 0 saturated heterocycles. The molecule has 0 aromatic heterocycles. The number of rotatable bonds is 2. The van der Waals surface area contributed by atoms with Gasteiger partial charge in [-0.3, -0.25) is 0 Å². The van der Waals surface area contributed by atoms with Crippen LogP contribution >= 0.6 is 24.0 Å². The van der Waals surface area contributed by atoms with Crippen molar-refractivity contribution in [2.24, 2.45) is 11.7 Å². The molecule has 2 N–H and O–H groups in total. The highest BCUT2D eigenvalue weighted by Gasteiger charge is 2.37. The van der Waals surface area contributed by atoms with Crippen molar-refractivity contribution in [1.29, 1.82) is 0 Å². The van der Waals surface area contributed by atoms with Crippen LogP contribution in [0.5, 0.6) is 0 Å². The molecule has 0 heterocycles. The summed E-state index contributed by atoms with van der Waals surface area (Å²) in [5, 5.41) is 0.118. The van der Waals surface area contributed by atoms with E-state index in [9.17, 15) is 13.2 Å². The largest absolute Gasteiger partial charge is 0.416 e. The molecule has 1 saturated carbocycles. The van der Waals surface area contributed by atoms with Crippen molar-refractivity contribution < 1.29 is 13.2 Å². The van der Waals surface area contributed by atoms with Gasteiger partial charge < -0.3 is 5.73 Å². The third kappa shape index (κ3) is 3.80. The molecule has 1 aliphatic carbocycles. The SMILES string of the molecule is Cl.N[C@H](c1c(Cl)cccc1C(F)(F)F)C1CCCCC1. The Hall–Kier alpha value is -0.450. The maximum Gasteiger partial charge on any atom is 0.416 e. The third-order valence-corrected chi connectivity index (χ3v) is 4.18. The van der Waals surface area contributed by atoms with Gasteiger partial charge in [-0.1, -0.05) is 36.9 Å². The first-order valence-corrected chi connectivity index (χ1v) is 6.90. The molecule has 2 rings (SSSR count). The zero-order valence-corrected chi connectivity index (χ0v) is 12.5. The van der Waals surface area contributed by atoms with Crippen LogP contribution in [0.4, 0.5) is 13.2 Å². The highest BCUT2D eigenvalue weighted by Crippen LogP contribution is 2.42. The van der Waals surface area contributed by atoms with Crippen LogP contribution in [-0.4, -0.2) is 0 Å². The van der Waals surface area contributed by atoms with Crippen LogP contribution in [0.25, 0.3) is 0 Å². The molecule has 0 spiro atoms. The summed E-state index contributed by atoms with van der Waals surface area (Å²) in [6.45, 7) is 0. The van der Waals surface area contributed by atoms with Crippen LogP contribution in [0.3, 0.4) is 0 Å². The monoisotopic (exact) mass is 327 g/mol. The van der Waals surface area contributed by atoms with E-state index in [2.05, 4.69) is 0 Å². The van der Waals surface area contributed by atoms with E-state index in [0.717, 1.165) is 38.2 Å². The molecular formula is C14H18Cl2F3N. The summed E-state index contributed by atoms with van der Waals surface area (Å²) in [5.74, 6) is 0.0924. The number of alkyl halides is 3. The molecule has 1 aromatic carbocycles. The van der Waals surface area contributed by atoms with Crippen molar-refractivity contribution in [2.75, 3.05) is 0 Å². The molecule has 0 aliphatic heterocycles. The first kappa shape index (κ1) is 17.6. The Balaban J connectivity index is 0.00000200. The smallest absolute Gasteiger partial charge is 0.324 e. The lowest BCUT2D eigenvalue weighted by molar-refractivity contribution is -0.138. The first-order valence-electron chi connectivity index (χ1n) is 6.52. The predicted octanol–water partition coefficient (Wildman–Crippen LogP) is 5.36. The molecule has 1 aromatic rings. The number of halogens is 5. The summed E-state index contributed by atoms with van der Waals surface area (Å²) in [4.78, 5) is 0. The minimum absolute atomic E-state index is 0. The molecule has 1 fully saturated rings. The zero-order chi connectivity index (χ0) is 14.0. The van der Waals surface area contributed by atoms with Gasteiger partial charge in [-0.15, -0.1) is 12.4 Å². The van der Waals surface area contributed by atoms with E-state index in [0.29, 0.717) is 0 Å². The van der Waals surface area contributed by atoms with Gasteiger partial charge in [-0.2, -0.15) is 13.2 Å². The van der Waals surface area contributed by atoms with Gasteiger partial charge in [0.05, 0.1) is 5.56 Å². The summed E-state index contributed by atoms with van der Waals surface area (Å²) in [5.41, 5.74) is 5.45. The van der Waals surface area contributed by atoms with Gasteiger partial charge in [-0.05, 0) is 36.5 Å². The summed E-state index contributed by atoms with van der Waals surface area (Å²) in [6.07, 6.45) is 0.548. The maximum absolute atomic E-state index is 13.0. The van der Waals surface area contributed by atoms with E-state index in [1.54, 1.807) is 0 Å². The van der Waals surface area contributed by atoms with Gasteiger partial charge in [0.2, 0.25) is 0 Å². The van der Waals surface area contributed by atoms with E-state index in [-0.39, 0.29) is 28.9 Å². The Morgan fingerprint density at radius 2 is 1.75 bits per heavy atom. The summed E-state index contributed by atoms with van der Waals surface area (Å²) in [7, 11) is 0. The molecule has 1 nitrogen and oxygen atoms in total. The van der Waals surface area contributed by atoms with E-state index in [1.807, 2.05) is 0 Å². The van der Waals surface area contributed by atoms with Crippen molar-refractivity contribution in [1.82, 2.24) is 0 Å². The van der Waals surface area contributed by atoms with Gasteiger partial charge in [0.25, 0.3) is 0 Å². The highest BCUT2D eigenvalue weighted by atomic mass is 35.5. The summed E-state index contributed by atoms with van der Waals surface area (Å²) in [6, 6.07) is 3.23. The van der Waals surface area contributed by atoms with Crippen LogP contribution in [0.2, 0.25) is 5.02 Å². The lowest BCUT2D eigenvalue weighted by Gasteiger charge is -2.30. The molecule has 0 radical (unpaired) electrons. The predicted molar refractivity (Wildman–Crippen MR) is 77.2 cm³/mol. The fraction of sp³-hybridized carbons (Fsp3) is 0.571. The lowest BCUT2D eigenvalue weighted by Crippen LogP contribution is -2.26. The van der Waals surface area contributed by atoms with Crippen LogP contribution in [0.15, 0.2) is 18.2 Å². The van der Waals surface area contributed by atoms with Gasteiger partial charge in [0.1, 0.15) is 0 Å². The van der Waals surface area contributed by atoms with Crippen molar-refractivity contribution in [3.8, 4) is 0 Å². The van der Waals surface area contributed by atoms with Gasteiger partial charge in [-0.25, -0.2) is 0 Å². The topological polar surface area (TPSA) is 26.0 Å². The fourth-order valence-corrected chi connectivity index (χ4v) is 3.15. The van der Waals surface area contributed by atoms with Crippen molar-refractivity contribution in [3.63, 3.8) is 0 Å². The minimum Gasteiger partial charge on any atom is -0.324 e. The number of hydrogen-bond donors (Lipinski definition) is 1. The average Bonchev–Trinajstić information content (AvgIpc) is 2.37. The Kier molecular flexibility index (Phi) is 6.17. The Morgan fingerprint density at radius 3 is 2.30 bits per heavy atom. The summed E-state index contributed by atoms with van der Waals surface area (Å²) >= 11 is 5.97. The van der Waals surface area contributed by atoms with Crippen molar-refractivity contribution in [2.45, 2.75) is 44.3 Å². The molecule has 0 bridgehead atoms. The summed E-state index contributed by atoms with van der Waals surface area (Å²) < 4.78 is 39.1. The Morgan fingerprint density at radius 1 is 1.15 bits per heavy atom. The van der Waals surface area contributed by atoms with Crippen LogP contribution < -0.4 is 5.73 Å². The van der Waals surface area contributed by atoms with E-state index in [1.165, 1.54) is 12.1 Å². The molecule has 1 atom stereocenters. The normalized spacial score (nSPS) is 18.4. The Labute approximate surface area is 128 Å². The molecule has 6 heteroatoms. The highest BCUT2D eigenvalue weighted by molar-refractivity contribution is 6.31. The molecule has 20 heavy (non-hydrogen) atoms. The second-order valence-electron chi connectivity index (χ2n) is 5.12. The number of nitrogens with two attached hydrogens (primary N) is 1. The van der Waals surface area contributed by atoms with Crippen LogP contribution in [0.1, 0.15) is 49.3 Å². The van der Waals surface area contributed by atoms with Gasteiger partial charge in [0, 0.05) is 11.1 Å². The van der Waals surface area contributed by atoms with Crippen molar-refractivity contribution in [3.05, 3.63) is 34.3 Å². The zero-order valence-electron chi connectivity index (χ0n) is 10.9. The van der Waals surface area contributed by atoms with E-state index in [4.69, 9.17) is 17.3 Å².